The molecule has 0 saturated heterocycles. The highest BCUT2D eigenvalue weighted by Gasteiger charge is 2.08. The minimum absolute atomic E-state index is 0.278. The molecule has 0 aromatic heterocycles. The molecular weight excluding hydrogens is 290 g/mol. The third kappa shape index (κ3) is 4.95. The number of carbonyl (C=O) groups is 1. The van der Waals surface area contributed by atoms with Crippen molar-refractivity contribution in [3.05, 3.63) is 65.2 Å². The Balaban J connectivity index is 1.93. The lowest BCUT2D eigenvalue weighted by atomic mass is 10.0. The molecule has 0 fully saturated rings. The van der Waals surface area contributed by atoms with Crippen molar-refractivity contribution in [2.45, 2.75) is 19.9 Å². The summed E-state index contributed by atoms with van der Waals surface area (Å²) in [6.45, 7) is 2.48. The van der Waals surface area contributed by atoms with E-state index in [-0.39, 0.29) is 5.92 Å². The third-order valence-corrected chi connectivity index (χ3v) is 3.59. The summed E-state index contributed by atoms with van der Waals surface area (Å²) < 4.78 is 5.14. The predicted molar refractivity (Wildman–Crippen MR) is 91.5 cm³/mol. The molecule has 0 spiro atoms. The Labute approximate surface area is 136 Å². The number of hydrogen-bond donors (Lipinski definition) is 1. The van der Waals surface area contributed by atoms with E-state index in [1.165, 1.54) is 5.56 Å². The Morgan fingerprint density at radius 2 is 1.91 bits per heavy atom. The van der Waals surface area contributed by atoms with E-state index >= 15 is 0 Å². The van der Waals surface area contributed by atoms with Gasteiger partial charge in [-0.1, -0.05) is 37.3 Å². The van der Waals surface area contributed by atoms with Gasteiger partial charge in [-0.2, -0.15) is 0 Å². The fourth-order valence-electron chi connectivity index (χ4n) is 2.38. The summed E-state index contributed by atoms with van der Waals surface area (Å²) in [5.41, 5.74) is 2.26. The third-order valence-electron chi connectivity index (χ3n) is 3.59. The van der Waals surface area contributed by atoms with E-state index in [4.69, 9.17) is 9.84 Å². The maximum absolute atomic E-state index is 11.2. The molecule has 2 aromatic rings. The molecule has 0 heterocycles. The van der Waals surface area contributed by atoms with Crippen LogP contribution < -0.4 is 4.74 Å². The van der Waals surface area contributed by atoms with Gasteiger partial charge in [-0.25, -0.2) is 4.79 Å². The lowest BCUT2D eigenvalue weighted by molar-refractivity contribution is 0.0695. The van der Waals surface area contributed by atoms with Gasteiger partial charge in [0.15, 0.2) is 0 Å². The fraction of sp³-hybridized carbons (Fsp3) is 0.263. The van der Waals surface area contributed by atoms with Crippen molar-refractivity contribution in [1.82, 2.24) is 0 Å². The van der Waals surface area contributed by atoms with Crippen LogP contribution in [0.25, 0.3) is 0 Å². The van der Waals surface area contributed by atoms with Crippen molar-refractivity contribution in [3.63, 3.8) is 0 Å². The summed E-state index contributed by atoms with van der Waals surface area (Å²) in [6, 6.07) is 14.9. The number of hydrogen-bond acceptors (Lipinski definition) is 3. The number of nitrogens with zero attached hydrogens (tertiary/aromatic N) is 1. The first kappa shape index (κ1) is 16.7. The van der Waals surface area contributed by atoms with Gasteiger partial charge in [-0.3, -0.25) is 4.99 Å². The zero-order valence-electron chi connectivity index (χ0n) is 13.4. The van der Waals surface area contributed by atoms with Gasteiger partial charge in [0.2, 0.25) is 0 Å². The molecular formula is C19H21NO3. The minimum Gasteiger partial charge on any atom is -0.497 e. The number of methoxy groups -OCH3 is 1. The van der Waals surface area contributed by atoms with Crippen LogP contribution in [0.1, 0.15) is 28.4 Å². The molecule has 0 bridgehead atoms. The highest BCUT2D eigenvalue weighted by Crippen LogP contribution is 2.14. The summed E-state index contributed by atoms with van der Waals surface area (Å²) in [7, 11) is 1.65. The number of rotatable bonds is 7. The van der Waals surface area contributed by atoms with Crippen LogP contribution in [0.5, 0.6) is 5.75 Å². The fourth-order valence-corrected chi connectivity index (χ4v) is 2.38. The Bertz CT molecular complexity index is 677. The van der Waals surface area contributed by atoms with Gasteiger partial charge in [-0.05, 0) is 41.7 Å². The first-order chi connectivity index (χ1) is 11.1. The molecule has 1 N–H and O–H groups in total. The quantitative estimate of drug-likeness (QED) is 0.790. The molecule has 0 radical (unpaired) electrons. The number of aliphatic imine (C=N–C) groups is 1. The molecule has 1 unspecified atom stereocenters. The lowest BCUT2D eigenvalue weighted by Gasteiger charge is -2.07. The number of aromatic carboxylic acids is 1. The summed E-state index contributed by atoms with van der Waals surface area (Å²) in [4.78, 5) is 15.6. The van der Waals surface area contributed by atoms with Crippen LogP contribution in [0, 0.1) is 5.92 Å². The standard InChI is InChI=1S/C19H21NO3/c1-14(11-15-7-9-17(23-2)10-8-15)12-20-13-16-5-3-4-6-18(16)19(21)22/h3-10,12,14H,11,13H2,1-2H3,(H,21,22). The van der Waals surface area contributed by atoms with Crippen molar-refractivity contribution in [2.24, 2.45) is 10.9 Å². The van der Waals surface area contributed by atoms with Crippen molar-refractivity contribution in [3.8, 4) is 5.75 Å². The molecule has 4 nitrogen and oxygen atoms in total. The molecule has 2 aromatic carbocycles. The largest absolute Gasteiger partial charge is 0.497 e. The highest BCUT2D eigenvalue weighted by molar-refractivity contribution is 5.89. The minimum atomic E-state index is -0.915. The van der Waals surface area contributed by atoms with Crippen LogP contribution in [-0.2, 0) is 13.0 Å². The summed E-state index contributed by atoms with van der Waals surface area (Å²) in [6.07, 6.45) is 2.77. The smallest absolute Gasteiger partial charge is 0.336 e. The zero-order chi connectivity index (χ0) is 16.7. The first-order valence-corrected chi connectivity index (χ1v) is 7.54. The Morgan fingerprint density at radius 3 is 2.57 bits per heavy atom. The maximum atomic E-state index is 11.2. The van der Waals surface area contributed by atoms with Gasteiger partial charge in [0, 0.05) is 6.21 Å². The Hall–Kier alpha value is -2.62. The molecule has 23 heavy (non-hydrogen) atoms. The van der Waals surface area contributed by atoms with Crippen molar-refractivity contribution >= 4 is 12.2 Å². The second-order valence-corrected chi connectivity index (χ2v) is 5.48. The number of benzene rings is 2. The van der Waals surface area contributed by atoms with Gasteiger partial charge in [-0.15, -0.1) is 0 Å². The molecule has 4 heteroatoms. The highest BCUT2D eigenvalue weighted by atomic mass is 16.5. The van der Waals surface area contributed by atoms with Crippen LogP contribution in [0.15, 0.2) is 53.5 Å². The lowest BCUT2D eigenvalue weighted by Crippen LogP contribution is -2.03. The molecule has 0 saturated carbocycles. The van der Waals surface area contributed by atoms with Crippen LogP contribution in [-0.4, -0.2) is 24.4 Å². The van der Waals surface area contributed by atoms with E-state index in [0.29, 0.717) is 12.1 Å². The van der Waals surface area contributed by atoms with Gasteiger partial charge in [0.05, 0.1) is 19.2 Å². The van der Waals surface area contributed by atoms with E-state index in [2.05, 4.69) is 11.9 Å². The van der Waals surface area contributed by atoms with Crippen molar-refractivity contribution < 1.29 is 14.6 Å². The summed E-state index contributed by atoms with van der Waals surface area (Å²) >= 11 is 0. The van der Waals surface area contributed by atoms with Gasteiger partial charge < -0.3 is 9.84 Å². The van der Waals surface area contributed by atoms with E-state index < -0.39 is 5.97 Å². The number of carboxylic acids is 1. The van der Waals surface area contributed by atoms with E-state index in [0.717, 1.165) is 17.7 Å². The zero-order valence-corrected chi connectivity index (χ0v) is 13.4. The van der Waals surface area contributed by atoms with Crippen molar-refractivity contribution in [2.75, 3.05) is 7.11 Å². The van der Waals surface area contributed by atoms with Crippen LogP contribution in [0.2, 0.25) is 0 Å². The number of carboxylic acid groups (broad SMARTS) is 1. The average Bonchev–Trinajstić information content (AvgIpc) is 2.56. The van der Waals surface area contributed by atoms with Crippen LogP contribution in [0.3, 0.4) is 0 Å². The van der Waals surface area contributed by atoms with Gasteiger partial charge in [0.25, 0.3) is 0 Å². The Morgan fingerprint density at radius 1 is 1.22 bits per heavy atom. The topological polar surface area (TPSA) is 58.9 Å². The van der Waals surface area contributed by atoms with Crippen molar-refractivity contribution in [1.29, 1.82) is 0 Å². The maximum Gasteiger partial charge on any atom is 0.336 e. The summed E-state index contributed by atoms with van der Waals surface area (Å²) in [5, 5.41) is 9.15. The summed E-state index contributed by atoms with van der Waals surface area (Å²) in [5.74, 6) is 0.211. The molecule has 0 amide bonds. The SMILES string of the molecule is COc1ccc(CC(C)C=NCc2ccccc2C(=O)O)cc1. The molecule has 0 aliphatic carbocycles. The molecule has 1 atom stereocenters. The molecule has 0 aliphatic heterocycles. The van der Waals surface area contributed by atoms with Crippen LogP contribution >= 0.6 is 0 Å². The second-order valence-electron chi connectivity index (χ2n) is 5.48. The van der Waals surface area contributed by atoms with Gasteiger partial charge >= 0.3 is 5.97 Å². The second kappa shape index (κ2) is 8.13. The normalized spacial score (nSPS) is 12.3. The van der Waals surface area contributed by atoms with E-state index in [9.17, 15) is 4.79 Å². The van der Waals surface area contributed by atoms with E-state index in [1.807, 2.05) is 36.5 Å². The average molecular weight is 311 g/mol. The Kier molecular flexibility index (Phi) is 5.92. The molecule has 0 aliphatic rings. The monoisotopic (exact) mass is 311 g/mol. The van der Waals surface area contributed by atoms with Crippen LogP contribution in [0.4, 0.5) is 0 Å². The molecule has 120 valence electrons. The predicted octanol–water partition coefficient (Wildman–Crippen LogP) is 3.84. The van der Waals surface area contributed by atoms with E-state index in [1.54, 1.807) is 25.3 Å². The first-order valence-electron chi connectivity index (χ1n) is 7.54. The molecule has 2 rings (SSSR count). The number of ether oxygens (including phenoxy) is 1. The van der Waals surface area contributed by atoms with Gasteiger partial charge in [0.1, 0.15) is 5.75 Å².